The van der Waals surface area contributed by atoms with Crippen molar-refractivity contribution >= 4 is 39.9 Å². The van der Waals surface area contributed by atoms with Crippen molar-refractivity contribution in [2.24, 2.45) is 0 Å². The van der Waals surface area contributed by atoms with Crippen LogP contribution in [0, 0.1) is 10.1 Å². The van der Waals surface area contributed by atoms with Gasteiger partial charge in [0.25, 0.3) is 5.69 Å². The molecule has 5 rings (SSSR count). The predicted octanol–water partition coefficient (Wildman–Crippen LogP) is 4.17. The summed E-state index contributed by atoms with van der Waals surface area (Å²) in [5.41, 5.74) is 2.73. The van der Waals surface area contributed by atoms with E-state index in [0.717, 1.165) is 18.8 Å². The van der Waals surface area contributed by atoms with E-state index in [2.05, 4.69) is 9.80 Å². The van der Waals surface area contributed by atoms with E-state index in [1.165, 1.54) is 12.1 Å². The first-order valence-electron chi connectivity index (χ1n) is 11.0. The normalized spacial score (nSPS) is 14.4. The van der Waals surface area contributed by atoms with E-state index in [1.807, 2.05) is 0 Å². The lowest BCUT2D eigenvalue weighted by molar-refractivity contribution is -0.384. The van der Waals surface area contributed by atoms with Crippen LogP contribution in [0.5, 0.6) is 0 Å². The van der Waals surface area contributed by atoms with E-state index in [0.29, 0.717) is 47.0 Å². The number of nitro groups is 1. The lowest BCUT2D eigenvalue weighted by atomic mass is 10.0. The largest absolute Gasteiger partial charge is 0.421 e. The standard InChI is InChI=1S/C25H21ClN4O5/c26-21-4-2-1-3-20(21)24(31)17-5-10-22-23(15-17)35-25(32)29(22)16-27-11-13-28(14-12-27)18-6-8-19(9-7-18)30(33)34/h1-10,15H,11-14,16H2. The molecule has 2 heterocycles. The quantitative estimate of drug-likeness (QED) is 0.226. The van der Waals surface area contributed by atoms with Crippen LogP contribution in [0.1, 0.15) is 15.9 Å². The third-order valence-electron chi connectivity index (χ3n) is 6.19. The molecule has 35 heavy (non-hydrogen) atoms. The van der Waals surface area contributed by atoms with Gasteiger partial charge in [-0.2, -0.15) is 0 Å². The molecule has 0 aliphatic carbocycles. The number of ketones is 1. The number of anilines is 1. The smallest absolute Gasteiger partial charge is 0.408 e. The molecule has 4 aromatic rings. The fraction of sp³-hybridized carbons (Fsp3) is 0.200. The number of piperazine rings is 1. The van der Waals surface area contributed by atoms with Gasteiger partial charge in [0.05, 0.1) is 22.1 Å². The van der Waals surface area contributed by atoms with E-state index in [9.17, 15) is 19.7 Å². The summed E-state index contributed by atoms with van der Waals surface area (Å²) < 4.78 is 7.00. The molecule has 10 heteroatoms. The van der Waals surface area contributed by atoms with Gasteiger partial charge >= 0.3 is 5.76 Å². The number of benzene rings is 3. The van der Waals surface area contributed by atoms with Crippen LogP contribution in [0.15, 0.2) is 75.9 Å². The van der Waals surface area contributed by atoms with E-state index in [-0.39, 0.29) is 11.5 Å². The van der Waals surface area contributed by atoms with Gasteiger partial charge in [0.15, 0.2) is 11.4 Å². The summed E-state index contributed by atoms with van der Waals surface area (Å²) in [7, 11) is 0. The summed E-state index contributed by atoms with van der Waals surface area (Å²) in [4.78, 5) is 40.2. The Balaban J connectivity index is 1.29. The Labute approximate surface area is 204 Å². The van der Waals surface area contributed by atoms with Gasteiger partial charge in [-0.15, -0.1) is 0 Å². The molecule has 0 saturated carbocycles. The second kappa shape index (κ2) is 9.36. The van der Waals surface area contributed by atoms with E-state index in [1.54, 1.807) is 59.2 Å². The Morgan fingerprint density at radius 3 is 2.40 bits per heavy atom. The lowest BCUT2D eigenvalue weighted by Crippen LogP contribution is -2.47. The Bertz CT molecular complexity index is 1470. The van der Waals surface area contributed by atoms with Gasteiger partial charge in [-0.05, 0) is 42.5 Å². The number of nitro benzene ring substituents is 1. The zero-order chi connectivity index (χ0) is 24.5. The van der Waals surface area contributed by atoms with Crippen molar-refractivity contribution in [2.45, 2.75) is 6.67 Å². The molecule has 1 fully saturated rings. The first kappa shape index (κ1) is 22.8. The summed E-state index contributed by atoms with van der Waals surface area (Å²) in [5.74, 6) is -0.726. The highest BCUT2D eigenvalue weighted by molar-refractivity contribution is 6.35. The van der Waals surface area contributed by atoms with Crippen LogP contribution in [0.2, 0.25) is 5.02 Å². The van der Waals surface area contributed by atoms with E-state index in [4.69, 9.17) is 16.0 Å². The van der Waals surface area contributed by atoms with Crippen molar-refractivity contribution in [3.05, 3.63) is 104 Å². The summed E-state index contributed by atoms with van der Waals surface area (Å²) in [5, 5.41) is 11.2. The average Bonchev–Trinajstić information content (AvgIpc) is 3.18. The molecule has 0 atom stereocenters. The number of halogens is 1. The van der Waals surface area contributed by atoms with Gasteiger partial charge < -0.3 is 9.32 Å². The zero-order valence-electron chi connectivity index (χ0n) is 18.6. The fourth-order valence-corrected chi connectivity index (χ4v) is 4.50. The van der Waals surface area contributed by atoms with Crippen molar-refractivity contribution in [3.8, 4) is 0 Å². The second-order valence-corrected chi connectivity index (χ2v) is 8.71. The molecule has 3 aromatic carbocycles. The Morgan fingerprint density at radius 1 is 1.00 bits per heavy atom. The molecule has 0 spiro atoms. The maximum atomic E-state index is 12.9. The number of carbonyl (C=O) groups excluding carboxylic acids is 1. The molecule has 0 N–H and O–H groups in total. The number of aromatic nitrogens is 1. The molecule has 1 aliphatic heterocycles. The molecule has 0 bridgehead atoms. The van der Waals surface area contributed by atoms with Crippen molar-refractivity contribution in [3.63, 3.8) is 0 Å². The van der Waals surface area contributed by atoms with Crippen LogP contribution >= 0.6 is 11.6 Å². The number of hydrogen-bond acceptors (Lipinski definition) is 7. The van der Waals surface area contributed by atoms with Crippen LogP contribution < -0.4 is 10.7 Å². The fourth-order valence-electron chi connectivity index (χ4n) is 4.28. The first-order valence-corrected chi connectivity index (χ1v) is 11.4. The topological polar surface area (TPSA) is 102 Å². The minimum Gasteiger partial charge on any atom is -0.408 e. The van der Waals surface area contributed by atoms with Crippen molar-refractivity contribution in [1.29, 1.82) is 0 Å². The summed E-state index contributed by atoms with van der Waals surface area (Å²) in [6, 6.07) is 18.3. The number of oxazole rings is 1. The number of nitrogens with zero attached hydrogens (tertiary/aromatic N) is 4. The van der Waals surface area contributed by atoms with Gasteiger partial charge in [0, 0.05) is 55.1 Å². The van der Waals surface area contributed by atoms with Gasteiger partial charge in [-0.25, -0.2) is 4.79 Å². The minimum atomic E-state index is -0.486. The SMILES string of the molecule is O=C(c1ccc2c(c1)oc(=O)n2CN1CCN(c2ccc([N+](=O)[O-])cc2)CC1)c1ccccc1Cl. The van der Waals surface area contributed by atoms with Crippen molar-refractivity contribution in [1.82, 2.24) is 9.47 Å². The monoisotopic (exact) mass is 492 g/mol. The molecule has 1 saturated heterocycles. The van der Waals surface area contributed by atoms with Crippen LogP contribution in [-0.4, -0.2) is 46.4 Å². The summed E-state index contributed by atoms with van der Waals surface area (Å²) in [6.07, 6.45) is 0. The molecule has 0 unspecified atom stereocenters. The highest BCUT2D eigenvalue weighted by Crippen LogP contribution is 2.23. The average molecular weight is 493 g/mol. The Kier molecular flexibility index (Phi) is 6.10. The molecule has 0 amide bonds. The third-order valence-corrected chi connectivity index (χ3v) is 6.52. The van der Waals surface area contributed by atoms with Crippen LogP contribution in [0.25, 0.3) is 11.1 Å². The third kappa shape index (κ3) is 4.55. The maximum absolute atomic E-state index is 12.9. The Morgan fingerprint density at radius 2 is 1.71 bits per heavy atom. The van der Waals surface area contributed by atoms with Gasteiger partial charge in [-0.1, -0.05) is 23.7 Å². The highest BCUT2D eigenvalue weighted by Gasteiger charge is 2.21. The zero-order valence-corrected chi connectivity index (χ0v) is 19.4. The number of carbonyl (C=O) groups is 1. The summed E-state index contributed by atoms with van der Waals surface area (Å²) in [6.45, 7) is 3.22. The minimum absolute atomic E-state index is 0.0651. The highest BCUT2D eigenvalue weighted by atomic mass is 35.5. The van der Waals surface area contributed by atoms with Gasteiger partial charge in [0.2, 0.25) is 0 Å². The molecule has 178 valence electrons. The van der Waals surface area contributed by atoms with Crippen LogP contribution in [0.4, 0.5) is 11.4 Å². The molecule has 0 radical (unpaired) electrons. The Hall–Kier alpha value is -3.95. The molecule has 9 nitrogen and oxygen atoms in total. The lowest BCUT2D eigenvalue weighted by Gasteiger charge is -2.36. The second-order valence-electron chi connectivity index (χ2n) is 8.31. The van der Waals surface area contributed by atoms with E-state index >= 15 is 0 Å². The van der Waals surface area contributed by atoms with Crippen LogP contribution in [0.3, 0.4) is 0 Å². The predicted molar refractivity (Wildman–Crippen MR) is 132 cm³/mol. The number of fused-ring (bicyclic) bond motifs is 1. The first-order chi connectivity index (χ1) is 16.9. The van der Waals surface area contributed by atoms with E-state index < -0.39 is 10.7 Å². The van der Waals surface area contributed by atoms with Crippen LogP contribution in [-0.2, 0) is 6.67 Å². The van der Waals surface area contributed by atoms with Crippen molar-refractivity contribution in [2.75, 3.05) is 31.1 Å². The molecule has 1 aromatic heterocycles. The molecular formula is C25H21ClN4O5. The number of non-ortho nitro benzene ring substituents is 1. The molecule has 1 aliphatic rings. The summed E-state index contributed by atoms with van der Waals surface area (Å²) >= 11 is 6.16. The number of hydrogen-bond donors (Lipinski definition) is 0. The number of rotatable bonds is 6. The van der Waals surface area contributed by atoms with Crippen molar-refractivity contribution < 1.29 is 14.1 Å². The molecular weight excluding hydrogens is 472 g/mol. The van der Waals surface area contributed by atoms with Gasteiger partial charge in [-0.3, -0.25) is 24.4 Å². The maximum Gasteiger partial charge on any atom is 0.421 e. The van der Waals surface area contributed by atoms with Gasteiger partial charge in [0.1, 0.15) is 0 Å².